The number of nitrogens with one attached hydrogen (secondary N) is 2. The van der Waals surface area contributed by atoms with Crippen LogP contribution in [0.15, 0.2) is 0 Å². The second-order valence-corrected chi connectivity index (χ2v) is 9.87. The van der Waals surface area contributed by atoms with E-state index in [1.54, 1.807) is 0 Å². The molecule has 0 unspecified atom stereocenters. The van der Waals surface area contributed by atoms with Crippen LogP contribution in [0.2, 0.25) is 0 Å². The van der Waals surface area contributed by atoms with Crippen molar-refractivity contribution in [2.45, 2.75) is 76.7 Å². The Kier molecular flexibility index (Phi) is 17.1. The first-order valence-electron chi connectivity index (χ1n) is 13.8. The van der Waals surface area contributed by atoms with Gasteiger partial charge in [-0.05, 0) is 12.3 Å². The van der Waals surface area contributed by atoms with Crippen LogP contribution in [-0.2, 0) is 33.5 Å². The van der Waals surface area contributed by atoms with Gasteiger partial charge in [0.15, 0.2) is 0 Å². The maximum Gasteiger partial charge on any atom is 0.307 e. The lowest BCUT2D eigenvalue weighted by atomic mass is 9.85. The van der Waals surface area contributed by atoms with E-state index in [-0.39, 0.29) is 64.8 Å². The maximum atomic E-state index is 12.3. The largest absolute Gasteiger partial charge is 0.469 e. The number of amides is 5. The monoisotopic (exact) mass is 588 g/mol. The molecule has 1 saturated carbocycles. The first kappa shape index (κ1) is 35.7. The molecule has 0 aromatic heterocycles. The number of hydrogen-bond donors (Lipinski definition) is 6. The van der Waals surface area contributed by atoms with E-state index in [1.807, 2.05) is 0 Å². The van der Waals surface area contributed by atoms with Crippen LogP contribution in [0.1, 0.15) is 70.6 Å². The summed E-state index contributed by atoms with van der Waals surface area (Å²) >= 11 is 0. The Morgan fingerprint density at radius 3 is 1.71 bits per heavy atom. The van der Waals surface area contributed by atoms with Crippen LogP contribution < -0.4 is 16.4 Å². The first-order valence-corrected chi connectivity index (χ1v) is 13.8. The summed E-state index contributed by atoms with van der Waals surface area (Å²) < 4.78 is 4.40. The van der Waals surface area contributed by atoms with Crippen molar-refractivity contribution in [1.82, 2.24) is 25.8 Å². The van der Waals surface area contributed by atoms with Crippen LogP contribution in [0.25, 0.3) is 0 Å². The zero-order chi connectivity index (χ0) is 30.8. The van der Waals surface area contributed by atoms with Crippen molar-refractivity contribution in [1.29, 1.82) is 0 Å². The predicted molar refractivity (Wildman–Crippen MR) is 141 cm³/mol. The van der Waals surface area contributed by atoms with Crippen LogP contribution in [-0.4, -0.2) is 112 Å². The molecule has 0 bridgehead atoms. The summed E-state index contributed by atoms with van der Waals surface area (Å²) in [5, 5.41) is 35.3. The van der Waals surface area contributed by atoms with Crippen LogP contribution in [0.5, 0.6) is 0 Å². The lowest BCUT2D eigenvalue weighted by molar-refractivity contribution is -0.168. The highest BCUT2D eigenvalue weighted by Gasteiger charge is 2.25. The summed E-state index contributed by atoms with van der Waals surface area (Å²) in [6.45, 7) is -1.07. The zero-order valence-electron chi connectivity index (χ0n) is 23.6. The third kappa shape index (κ3) is 15.3. The summed E-state index contributed by atoms with van der Waals surface area (Å²) in [6, 6.07) is -0.834. The molecule has 16 heteroatoms. The van der Waals surface area contributed by atoms with Crippen LogP contribution >= 0.6 is 0 Å². The fraction of sp³-hybridized carbons (Fsp3) is 0.760. The number of methoxy groups -OCH3 is 1. The van der Waals surface area contributed by atoms with E-state index in [0.29, 0.717) is 27.5 Å². The van der Waals surface area contributed by atoms with Gasteiger partial charge in [-0.25, -0.2) is 15.2 Å². The van der Waals surface area contributed by atoms with E-state index >= 15 is 0 Å². The molecular formula is C25H44N6O10. The van der Waals surface area contributed by atoms with Gasteiger partial charge in [-0.2, -0.15) is 0 Å². The lowest BCUT2D eigenvalue weighted by Gasteiger charge is -2.25. The van der Waals surface area contributed by atoms with Crippen molar-refractivity contribution in [2.75, 3.05) is 39.8 Å². The molecule has 5 amide bonds. The average Bonchev–Trinajstić information content (AvgIpc) is 2.96. The first-order chi connectivity index (χ1) is 19.4. The van der Waals surface area contributed by atoms with E-state index in [4.69, 9.17) is 5.73 Å². The molecule has 0 radical (unpaired) electrons. The molecule has 1 fully saturated rings. The van der Waals surface area contributed by atoms with Crippen LogP contribution in [0, 0.1) is 5.92 Å². The van der Waals surface area contributed by atoms with Crippen molar-refractivity contribution in [3.05, 3.63) is 0 Å². The van der Waals surface area contributed by atoms with Crippen molar-refractivity contribution >= 4 is 35.5 Å². The van der Waals surface area contributed by atoms with E-state index in [2.05, 4.69) is 15.4 Å². The molecular weight excluding hydrogens is 544 g/mol. The van der Waals surface area contributed by atoms with Gasteiger partial charge in [0.25, 0.3) is 5.91 Å². The molecule has 7 N–H and O–H groups in total. The Morgan fingerprint density at radius 1 is 0.756 bits per heavy atom. The maximum absolute atomic E-state index is 12.3. The highest BCUT2D eigenvalue weighted by atomic mass is 16.5. The highest BCUT2D eigenvalue weighted by molar-refractivity contribution is 5.82. The summed E-state index contributed by atoms with van der Waals surface area (Å²) in [7, 11) is 1.18. The minimum atomic E-state index is -0.834. The smallest absolute Gasteiger partial charge is 0.307 e. The summed E-state index contributed by atoms with van der Waals surface area (Å²) in [5.74, 6) is -3.42. The Balaban J connectivity index is 2.17. The molecule has 0 aromatic rings. The molecule has 234 valence electrons. The third-order valence-corrected chi connectivity index (χ3v) is 6.64. The Morgan fingerprint density at radius 2 is 1.22 bits per heavy atom. The minimum absolute atomic E-state index is 0.109. The van der Waals surface area contributed by atoms with Gasteiger partial charge in [-0.15, -0.1) is 0 Å². The lowest BCUT2D eigenvalue weighted by Crippen LogP contribution is -2.44. The topological polar surface area (TPSA) is 232 Å². The molecule has 1 aliphatic carbocycles. The highest BCUT2D eigenvalue weighted by Crippen LogP contribution is 2.27. The molecule has 1 rings (SSSR count). The number of carbonyl (C=O) groups is 6. The quantitative estimate of drug-likeness (QED) is 0.0665. The second-order valence-electron chi connectivity index (χ2n) is 9.87. The number of nitrogens with zero attached hydrogens (tertiary/aromatic N) is 3. The minimum Gasteiger partial charge on any atom is -0.469 e. The number of carbonyl (C=O) groups excluding carboxylic acids is 6. The Labute approximate surface area is 239 Å². The van der Waals surface area contributed by atoms with Gasteiger partial charge in [0.05, 0.1) is 39.2 Å². The average molecular weight is 589 g/mol. The zero-order valence-corrected chi connectivity index (χ0v) is 23.6. The van der Waals surface area contributed by atoms with E-state index in [0.717, 1.165) is 25.7 Å². The van der Waals surface area contributed by atoms with Gasteiger partial charge >= 0.3 is 5.97 Å². The van der Waals surface area contributed by atoms with Crippen molar-refractivity contribution in [3.63, 3.8) is 0 Å². The number of hydroxylamine groups is 6. The summed E-state index contributed by atoms with van der Waals surface area (Å²) in [4.78, 5) is 70.9. The normalized spacial score (nSPS) is 14.0. The molecule has 0 saturated heterocycles. The van der Waals surface area contributed by atoms with E-state index in [9.17, 15) is 44.4 Å². The third-order valence-electron chi connectivity index (χ3n) is 6.64. The van der Waals surface area contributed by atoms with Gasteiger partial charge < -0.3 is 21.1 Å². The molecule has 16 nitrogen and oxygen atoms in total. The number of ether oxygens (including phenoxy) is 1. The van der Waals surface area contributed by atoms with Gasteiger partial charge in [0, 0.05) is 38.8 Å². The SMILES string of the molecule is COC(=O)CCN(O)C(=O)CCNC(=O)CCN(O)C(=O)CCNC(=O)CCN(O)C(=O)[C@@H](N)CC1CCCCC1. The van der Waals surface area contributed by atoms with Crippen molar-refractivity contribution in [3.8, 4) is 0 Å². The fourth-order valence-corrected chi connectivity index (χ4v) is 4.20. The molecule has 0 aromatic carbocycles. The number of esters is 1. The molecule has 41 heavy (non-hydrogen) atoms. The standard InChI is InChI=1S/C25H44N6O10/c1-41-24(36)11-16-30(39)23(35)8-13-27-20(32)9-14-29(38)22(34)7-12-28-21(33)10-15-31(40)25(37)19(26)17-18-5-3-2-4-6-18/h18-19,38-40H,2-17,26H2,1H3,(H,27,32)(H,28,33)/t19-/m0/s1. The molecule has 1 atom stereocenters. The van der Waals surface area contributed by atoms with Gasteiger partial charge in [0.2, 0.25) is 23.6 Å². The van der Waals surface area contributed by atoms with Crippen molar-refractivity contribution < 1.29 is 49.1 Å². The second kappa shape index (κ2) is 19.7. The fourth-order valence-electron chi connectivity index (χ4n) is 4.20. The van der Waals surface area contributed by atoms with Gasteiger partial charge in [0.1, 0.15) is 0 Å². The van der Waals surface area contributed by atoms with E-state index in [1.165, 1.54) is 13.5 Å². The number of rotatable bonds is 18. The Bertz CT molecular complexity index is 883. The summed E-state index contributed by atoms with van der Waals surface area (Å²) in [6.07, 6.45) is 4.76. The molecule has 0 heterocycles. The number of hydrogen-bond acceptors (Lipinski definition) is 11. The van der Waals surface area contributed by atoms with E-state index < -0.39 is 41.5 Å². The Hall–Kier alpha value is -3.34. The molecule has 0 spiro atoms. The van der Waals surface area contributed by atoms with Gasteiger partial charge in [-0.1, -0.05) is 32.1 Å². The van der Waals surface area contributed by atoms with Crippen molar-refractivity contribution in [2.24, 2.45) is 11.7 Å². The van der Waals surface area contributed by atoms with Crippen LogP contribution in [0.3, 0.4) is 0 Å². The summed E-state index contributed by atoms with van der Waals surface area (Å²) in [5.41, 5.74) is 5.93. The van der Waals surface area contributed by atoms with Crippen LogP contribution in [0.4, 0.5) is 0 Å². The molecule has 1 aliphatic rings. The molecule has 0 aliphatic heterocycles. The van der Waals surface area contributed by atoms with Gasteiger partial charge in [-0.3, -0.25) is 44.4 Å². The number of nitrogens with two attached hydrogens (primary N) is 1. The predicted octanol–water partition coefficient (Wildman–Crippen LogP) is -0.707.